The molecule has 1 heterocycles. The van der Waals surface area contributed by atoms with Crippen LogP contribution in [0.5, 0.6) is 0 Å². The topological polar surface area (TPSA) is 71.1 Å². The minimum atomic E-state index is -3.08. The van der Waals surface area contributed by atoms with Crippen LogP contribution in [0.4, 0.5) is 0 Å². The van der Waals surface area contributed by atoms with E-state index in [1.54, 1.807) is 11.3 Å². The lowest BCUT2D eigenvalue weighted by Gasteiger charge is -2.10. The van der Waals surface area contributed by atoms with Crippen molar-refractivity contribution in [3.05, 3.63) is 29.3 Å². The fourth-order valence-corrected chi connectivity index (χ4v) is 3.34. The van der Waals surface area contributed by atoms with Crippen molar-refractivity contribution < 1.29 is 8.42 Å². The van der Waals surface area contributed by atoms with Gasteiger partial charge < -0.3 is 5.32 Å². The van der Waals surface area contributed by atoms with E-state index in [0.29, 0.717) is 6.54 Å². The first-order valence-electron chi connectivity index (χ1n) is 6.49. The first-order chi connectivity index (χ1) is 9.46. The number of benzene rings is 1. The van der Waals surface area contributed by atoms with Gasteiger partial charge in [-0.15, -0.1) is 11.3 Å². The van der Waals surface area contributed by atoms with Gasteiger partial charge in [-0.05, 0) is 32.0 Å². The lowest BCUT2D eigenvalue weighted by atomic mass is 10.3. The highest BCUT2D eigenvalue weighted by molar-refractivity contribution is 7.88. The summed E-state index contributed by atoms with van der Waals surface area (Å²) in [4.78, 5) is 4.60. The van der Waals surface area contributed by atoms with Gasteiger partial charge in [0, 0.05) is 6.54 Å². The van der Waals surface area contributed by atoms with Crippen LogP contribution in [0.25, 0.3) is 10.2 Å². The standard InChI is InChI=1S/C13H19N3O2S2/c1-10(14-8-5-9-15-20(2,17)18)13-16-11-6-3-4-7-12(11)19-13/h3-4,6-7,10,14-15H,5,8-9H2,1-2H3. The van der Waals surface area contributed by atoms with Crippen LogP contribution in [0, 0.1) is 0 Å². The highest BCUT2D eigenvalue weighted by Gasteiger charge is 2.10. The Hall–Kier alpha value is -1.02. The van der Waals surface area contributed by atoms with Crippen molar-refractivity contribution in [1.82, 2.24) is 15.0 Å². The molecule has 2 aromatic rings. The molecule has 2 N–H and O–H groups in total. The number of nitrogens with one attached hydrogen (secondary N) is 2. The SMILES string of the molecule is CC(NCCCNS(C)(=O)=O)c1nc2ccccc2s1. The molecule has 1 aromatic heterocycles. The maximum absolute atomic E-state index is 10.9. The minimum absolute atomic E-state index is 0.172. The molecule has 0 fully saturated rings. The molecule has 1 aromatic carbocycles. The van der Waals surface area contributed by atoms with E-state index in [1.165, 1.54) is 11.0 Å². The third-order valence-corrected chi connectivity index (χ3v) is 4.80. The summed E-state index contributed by atoms with van der Waals surface area (Å²) in [5.74, 6) is 0. The fourth-order valence-electron chi connectivity index (χ4n) is 1.83. The van der Waals surface area contributed by atoms with E-state index in [4.69, 9.17) is 0 Å². The third-order valence-electron chi connectivity index (χ3n) is 2.85. The molecule has 0 radical (unpaired) electrons. The van der Waals surface area contributed by atoms with Gasteiger partial charge in [-0.1, -0.05) is 12.1 Å². The Morgan fingerprint density at radius 3 is 2.75 bits per heavy atom. The third kappa shape index (κ3) is 4.52. The summed E-state index contributed by atoms with van der Waals surface area (Å²) >= 11 is 1.69. The molecule has 0 amide bonds. The Morgan fingerprint density at radius 1 is 1.30 bits per heavy atom. The van der Waals surface area contributed by atoms with Crippen LogP contribution in [0.15, 0.2) is 24.3 Å². The maximum Gasteiger partial charge on any atom is 0.208 e. The van der Waals surface area contributed by atoms with Crippen LogP contribution >= 0.6 is 11.3 Å². The second-order valence-electron chi connectivity index (χ2n) is 4.72. The summed E-state index contributed by atoms with van der Waals surface area (Å²) in [6.07, 6.45) is 1.92. The number of hydrogen-bond acceptors (Lipinski definition) is 5. The summed E-state index contributed by atoms with van der Waals surface area (Å²) in [6, 6.07) is 8.25. The Kier molecular flexibility index (Phi) is 5.09. The van der Waals surface area contributed by atoms with Gasteiger partial charge in [0.05, 0.1) is 22.5 Å². The van der Waals surface area contributed by atoms with E-state index in [2.05, 4.69) is 28.0 Å². The molecule has 0 aliphatic heterocycles. The summed E-state index contributed by atoms with van der Waals surface area (Å²) < 4.78 is 25.5. The molecule has 0 spiro atoms. The number of fused-ring (bicyclic) bond motifs is 1. The van der Waals surface area contributed by atoms with Gasteiger partial charge >= 0.3 is 0 Å². The summed E-state index contributed by atoms with van der Waals surface area (Å²) in [5.41, 5.74) is 1.03. The van der Waals surface area contributed by atoms with Crippen LogP contribution in [0.3, 0.4) is 0 Å². The number of thiazole rings is 1. The van der Waals surface area contributed by atoms with Crippen molar-refractivity contribution in [1.29, 1.82) is 0 Å². The van der Waals surface area contributed by atoms with Crippen LogP contribution < -0.4 is 10.0 Å². The molecule has 0 aliphatic rings. The van der Waals surface area contributed by atoms with E-state index < -0.39 is 10.0 Å². The van der Waals surface area contributed by atoms with Gasteiger partial charge in [-0.2, -0.15) is 0 Å². The van der Waals surface area contributed by atoms with Crippen LogP contribution in [0.1, 0.15) is 24.4 Å². The zero-order valence-electron chi connectivity index (χ0n) is 11.6. The van der Waals surface area contributed by atoms with Crippen LogP contribution in [0.2, 0.25) is 0 Å². The summed E-state index contributed by atoms with van der Waals surface area (Å²) in [7, 11) is -3.08. The lowest BCUT2D eigenvalue weighted by molar-refractivity contribution is 0.547. The van der Waals surface area contributed by atoms with E-state index in [0.717, 1.165) is 23.5 Å². The number of aromatic nitrogens is 1. The molecule has 0 saturated heterocycles. The van der Waals surface area contributed by atoms with E-state index in [1.807, 2.05) is 18.2 Å². The monoisotopic (exact) mass is 313 g/mol. The zero-order valence-corrected chi connectivity index (χ0v) is 13.2. The predicted molar refractivity (Wildman–Crippen MR) is 83.5 cm³/mol. The molecule has 20 heavy (non-hydrogen) atoms. The number of sulfonamides is 1. The van der Waals surface area contributed by atoms with Crippen molar-refractivity contribution in [3.63, 3.8) is 0 Å². The highest BCUT2D eigenvalue weighted by Crippen LogP contribution is 2.25. The fraction of sp³-hybridized carbons (Fsp3) is 0.462. The average molecular weight is 313 g/mol. The molecule has 1 unspecified atom stereocenters. The van der Waals surface area contributed by atoms with Crippen LogP contribution in [-0.2, 0) is 10.0 Å². The molecule has 0 saturated carbocycles. The second-order valence-corrected chi connectivity index (χ2v) is 7.61. The van der Waals surface area contributed by atoms with Gasteiger partial charge in [0.25, 0.3) is 0 Å². The van der Waals surface area contributed by atoms with Crippen molar-refractivity contribution in [3.8, 4) is 0 Å². The molecule has 5 nitrogen and oxygen atoms in total. The molecule has 2 rings (SSSR count). The van der Waals surface area contributed by atoms with E-state index >= 15 is 0 Å². The maximum atomic E-state index is 10.9. The zero-order chi connectivity index (χ0) is 14.6. The largest absolute Gasteiger partial charge is 0.308 e. The first kappa shape index (κ1) is 15.4. The summed E-state index contributed by atoms with van der Waals surface area (Å²) in [6.45, 7) is 3.28. The Balaban J connectivity index is 1.81. The molecule has 0 bridgehead atoms. The highest BCUT2D eigenvalue weighted by atomic mass is 32.2. The number of hydrogen-bond donors (Lipinski definition) is 2. The van der Waals surface area contributed by atoms with Gasteiger partial charge in [0.1, 0.15) is 5.01 Å². The number of nitrogens with zero attached hydrogens (tertiary/aromatic N) is 1. The molecular formula is C13H19N3O2S2. The molecule has 110 valence electrons. The predicted octanol–water partition coefficient (Wildman–Crippen LogP) is 1.89. The van der Waals surface area contributed by atoms with Gasteiger partial charge in [0.15, 0.2) is 0 Å². The lowest BCUT2D eigenvalue weighted by Crippen LogP contribution is -2.27. The molecule has 0 aliphatic carbocycles. The number of rotatable bonds is 7. The van der Waals surface area contributed by atoms with Gasteiger partial charge in [0.2, 0.25) is 10.0 Å². The normalized spacial score (nSPS) is 13.7. The average Bonchev–Trinajstić information content (AvgIpc) is 2.80. The summed E-state index contributed by atoms with van der Waals surface area (Å²) in [5, 5.41) is 4.42. The van der Waals surface area contributed by atoms with Crippen molar-refractivity contribution >= 4 is 31.6 Å². The van der Waals surface area contributed by atoms with Gasteiger partial charge in [-0.3, -0.25) is 0 Å². The molecule has 7 heteroatoms. The number of para-hydroxylation sites is 1. The Labute approximate surface area is 123 Å². The van der Waals surface area contributed by atoms with E-state index in [9.17, 15) is 8.42 Å². The molecular weight excluding hydrogens is 294 g/mol. The Bertz CT molecular complexity index is 634. The minimum Gasteiger partial charge on any atom is -0.308 e. The van der Waals surface area contributed by atoms with Crippen LogP contribution in [-0.4, -0.2) is 32.7 Å². The second kappa shape index (κ2) is 6.62. The van der Waals surface area contributed by atoms with Crippen molar-refractivity contribution in [2.45, 2.75) is 19.4 Å². The van der Waals surface area contributed by atoms with Gasteiger partial charge in [-0.25, -0.2) is 18.1 Å². The van der Waals surface area contributed by atoms with Crippen molar-refractivity contribution in [2.75, 3.05) is 19.3 Å². The molecule has 1 atom stereocenters. The smallest absolute Gasteiger partial charge is 0.208 e. The quantitative estimate of drug-likeness (QED) is 0.766. The first-order valence-corrected chi connectivity index (χ1v) is 9.20. The Morgan fingerprint density at radius 2 is 2.05 bits per heavy atom. The van der Waals surface area contributed by atoms with E-state index in [-0.39, 0.29) is 6.04 Å². The van der Waals surface area contributed by atoms with Crippen molar-refractivity contribution in [2.24, 2.45) is 0 Å².